The molecule has 0 unspecified atom stereocenters. The predicted octanol–water partition coefficient (Wildman–Crippen LogP) is 3.48. The lowest BCUT2D eigenvalue weighted by atomic mass is 10.1. The van der Waals surface area contributed by atoms with Crippen LogP contribution >= 0.6 is 11.3 Å². The lowest BCUT2D eigenvalue weighted by Gasteiger charge is -2.09. The maximum Gasteiger partial charge on any atom is 0.107 e. The number of anilines is 1. The van der Waals surface area contributed by atoms with Gasteiger partial charge in [0.25, 0.3) is 0 Å². The van der Waals surface area contributed by atoms with Crippen molar-refractivity contribution in [3.63, 3.8) is 0 Å². The molecule has 0 radical (unpaired) electrons. The lowest BCUT2D eigenvalue weighted by Crippen LogP contribution is -2.13. The summed E-state index contributed by atoms with van der Waals surface area (Å²) in [6, 6.07) is 12.5. The SMILES string of the molecule is Cc1cnc(CNCc2cc3ccccc3cc2N)s1. The zero-order valence-electron chi connectivity index (χ0n) is 11.4. The molecular formula is C16H17N3S. The maximum absolute atomic E-state index is 6.12. The van der Waals surface area contributed by atoms with Gasteiger partial charge in [-0.3, -0.25) is 0 Å². The molecule has 0 fully saturated rings. The van der Waals surface area contributed by atoms with Gasteiger partial charge in [0.05, 0.1) is 0 Å². The van der Waals surface area contributed by atoms with E-state index in [1.807, 2.05) is 24.4 Å². The van der Waals surface area contributed by atoms with Gasteiger partial charge in [-0.2, -0.15) is 0 Å². The van der Waals surface area contributed by atoms with Gasteiger partial charge >= 0.3 is 0 Å². The first-order valence-corrected chi connectivity index (χ1v) is 7.43. The number of nitrogens with zero attached hydrogens (tertiary/aromatic N) is 1. The minimum absolute atomic E-state index is 0.759. The van der Waals surface area contributed by atoms with Crippen LogP contribution in [0.5, 0.6) is 0 Å². The van der Waals surface area contributed by atoms with Crippen molar-refractivity contribution in [1.29, 1.82) is 0 Å². The van der Waals surface area contributed by atoms with Gasteiger partial charge in [0.1, 0.15) is 5.01 Å². The highest BCUT2D eigenvalue weighted by Crippen LogP contribution is 2.22. The smallest absolute Gasteiger partial charge is 0.107 e. The molecule has 0 spiro atoms. The molecule has 3 aromatic rings. The molecule has 0 amide bonds. The number of rotatable bonds is 4. The molecular weight excluding hydrogens is 266 g/mol. The van der Waals surface area contributed by atoms with Crippen molar-refractivity contribution in [2.75, 3.05) is 5.73 Å². The number of fused-ring (bicyclic) bond motifs is 1. The molecule has 0 aliphatic carbocycles. The van der Waals surface area contributed by atoms with Gasteiger partial charge in [-0.05, 0) is 35.4 Å². The molecule has 102 valence electrons. The van der Waals surface area contributed by atoms with E-state index in [-0.39, 0.29) is 0 Å². The van der Waals surface area contributed by atoms with Gasteiger partial charge in [-0.25, -0.2) is 4.98 Å². The number of benzene rings is 2. The number of nitrogens with two attached hydrogens (primary N) is 1. The summed E-state index contributed by atoms with van der Waals surface area (Å²) >= 11 is 1.72. The van der Waals surface area contributed by atoms with Gasteiger partial charge in [0.2, 0.25) is 0 Å². The number of hydrogen-bond donors (Lipinski definition) is 2. The van der Waals surface area contributed by atoms with E-state index in [1.165, 1.54) is 15.6 Å². The third-order valence-corrected chi connectivity index (χ3v) is 4.18. The van der Waals surface area contributed by atoms with E-state index in [1.54, 1.807) is 11.3 Å². The molecule has 0 saturated heterocycles. The fraction of sp³-hybridized carbons (Fsp3) is 0.188. The van der Waals surface area contributed by atoms with Crippen molar-refractivity contribution < 1.29 is 0 Å². The molecule has 4 heteroatoms. The molecule has 3 nitrogen and oxygen atoms in total. The third kappa shape index (κ3) is 2.81. The van der Waals surface area contributed by atoms with Crippen LogP contribution < -0.4 is 11.1 Å². The summed E-state index contributed by atoms with van der Waals surface area (Å²) in [5.74, 6) is 0. The van der Waals surface area contributed by atoms with Crippen molar-refractivity contribution in [2.45, 2.75) is 20.0 Å². The average molecular weight is 283 g/mol. The molecule has 1 heterocycles. The van der Waals surface area contributed by atoms with Crippen LogP contribution in [0.15, 0.2) is 42.6 Å². The topological polar surface area (TPSA) is 50.9 Å². The Bertz CT molecular complexity index is 733. The van der Waals surface area contributed by atoms with Gasteiger partial charge in [0, 0.05) is 29.9 Å². The van der Waals surface area contributed by atoms with Crippen LogP contribution in [0.1, 0.15) is 15.4 Å². The molecule has 0 saturated carbocycles. The van der Waals surface area contributed by atoms with Crippen LogP contribution in [-0.2, 0) is 13.1 Å². The minimum Gasteiger partial charge on any atom is -0.398 e. The molecule has 20 heavy (non-hydrogen) atoms. The number of hydrogen-bond acceptors (Lipinski definition) is 4. The zero-order chi connectivity index (χ0) is 13.9. The van der Waals surface area contributed by atoms with E-state index in [9.17, 15) is 0 Å². The Balaban J connectivity index is 1.72. The summed E-state index contributed by atoms with van der Waals surface area (Å²) in [5.41, 5.74) is 8.09. The van der Waals surface area contributed by atoms with Gasteiger partial charge in [-0.1, -0.05) is 24.3 Å². The molecule has 0 atom stereocenters. The summed E-state index contributed by atoms with van der Waals surface area (Å²) in [6.07, 6.45) is 1.91. The van der Waals surface area contributed by atoms with E-state index >= 15 is 0 Å². The first kappa shape index (κ1) is 13.1. The number of aryl methyl sites for hydroxylation is 1. The lowest BCUT2D eigenvalue weighted by molar-refractivity contribution is 0.691. The highest BCUT2D eigenvalue weighted by Gasteiger charge is 2.03. The average Bonchev–Trinajstić information content (AvgIpc) is 2.85. The van der Waals surface area contributed by atoms with E-state index < -0.39 is 0 Å². The molecule has 0 aliphatic heterocycles. The van der Waals surface area contributed by atoms with Crippen LogP contribution in [0.25, 0.3) is 10.8 Å². The maximum atomic E-state index is 6.12. The van der Waals surface area contributed by atoms with Crippen molar-refractivity contribution >= 4 is 27.8 Å². The summed E-state index contributed by atoms with van der Waals surface area (Å²) in [5, 5.41) is 6.93. The van der Waals surface area contributed by atoms with Gasteiger partial charge in [0.15, 0.2) is 0 Å². The van der Waals surface area contributed by atoms with Gasteiger partial charge in [-0.15, -0.1) is 11.3 Å². The highest BCUT2D eigenvalue weighted by molar-refractivity contribution is 7.11. The largest absolute Gasteiger partial charge is 0.398 e. The first-order valence-electron chi connectivity index (χ1n) is 6.61. The van der Waals surface area contributed by atoms with E-state index in [0.29, 0.717) is 0 Å². The predicted molar refractivity (Wildman–Crippen MR) is 85.8 cm³/mol. The second-order valence-corrected chi connectivity index (χ2v) is 6.19. The van der Waals surface area contributed by atoms with E-state index in [0.717, 1.165) is 29.3 Å². The minimum atomic E-state index is 0.759. The number of aromatic nitrogens is 1. The quantitative estimate of drug-likeness (QED) is 0.721. The van der Waals surface area contributed by atoms with Crippen molar-refractivity contribution in [3.8, 4) is 0 Å². The van der Waals surface area contributed by atoms with Crippen molar-refractivity contribution in [2.24, 2.45) is 0 Å². The summed E-state index contributed by atoms with van der Waals surface area (Å²) in [7, 11) is 0. The van der Waals surface area contributed by atoms with Crippen LogP contribution in [0.2, 0.25) is 0 Å². The zero-order valence-corrected chi connectivity index (χ0v) is 12.2. The second kappa shape index (κ2) is 5.61. The standard InChI is InChI=1S/C16H17N3S/c1-11-8-19-16(20-11)10-18-9-14-6-12-4-2-3-5-13(12)7-15(14)17/h2-8,18H,9-10,17H2,1H3. The molecule has 3 rings (SSSR count). The van der Waals surface area contributed by atoms with Crippen LogP contribution in [0.3, 0.4) is 0 Å². The van der Waals surface area contributed by atoms with Crippen molar-refractivity contribution in [3.05, 3.63) is 58.0 Å². The van der Waals surface area contributed by atoms with Crippen LogP contribution in [-0.4, -0.2) is 4.98 Å². The molecule has 1 aromatic heterocycles. The van der Waals surface area contributed by atoms with Crippen molar-refractivity contribution in [1.82, 2.24) is 10.3 Å². The monoisotopic (exact) mass is 283 g/mol. The second-order valence-electron chi connectivity index (χ2n) is 4.87. The van der Waals surface area contributed by atoms with Gasteiger partial charge < -0.3 is 11.1 Å². The highest BCUT2D eigenvalue weighted by atomic mass is 32.1. The van der Waals surface area contributed by atoms with Crippen LogP contribution in [0, 0.1) is 6.92 Å². The number of nitrogen functional groups attached to an aromatic ring is 1. The van der Waals surface area contributed by atoms with E-state index in [4.69, 9.17) is 5.73 Å². The Morgan fingerprint density at radius 1 is 1.15 bits per heavy atom. The summed E-state index contributed by atoms with van der Waals surface area (Å²) in [4.78, 5) is 5.59. The molecule has 3 N–H and O–H groups in total. The number of thiazole rings is 1. The molecule has 0 aliphatic rings. The van der Waals surface area contributed by atoms with E-state index in [2.05, 4.69) is 35.4 Å². The summed E-state index contributed by atoms with van der Waals surface area (Å²) < 4.78 is 0. The third-order valence-electron chi connectivity index (χ3n) is 3.27. The Hall–Kier alpha value is -1.91. The molecule has 2 aromatic carbocycles. The summed E-state index contributed by atoms with van der Waals surface area (Å²) in [6.45, 7) is 3.61. The first-order chi connectivity index (χ1) is 9.72. The Morgan fingerprint density at radius 3 is 2.60 bits per heavy atom. The number of nitrogens with one attached hydrogen (secondary N) is 1. The fourth-order valence-electron chi connectivity index (χ4n) is 2.25. The molecule has 0 bridgehead atoms. The Morgan fingerprint density at radius 2 is 1.90 bits per heavy atom. The Kier molecular flexibility index (Phi) is 3.67. The normalized spacial score (nSPS) is 11.1. The Labute approximate surface area is 122 Å². The fourth-order valence-corrected chi connectivity index (χ4v) is 3.00. The van der Waals surface area contributed by atoms with Crippen LogP contribution in [0.4, 0.5) is 5.69 Å².